The molecule has 0 aliphatic carbocycles. The van der Waals surface area contributed by atoms with Gasteiger partial charge in [0, 0.05) is 25.7 Å². The van der Waals surface area contributed by atoms with Crippen molar-refractivity contribution in [2.75, 3.05) is 39.6 Å². The van der Waals surface area contributed by atoms with Crippen LogP contribution >= 0.6 is 15.6 Å². The number of rotatable bonds is 79. The van der Waals surface area contributed by atoms with Gasteiger partial charge in [0.25, 0.3) is 0 Å². The quantitative estimate of drug-likeness (QED) is 0.0222. The van der Waals surface area contributed by atoms with Crippen LogP contribution in [0.5, 0.6) is 0 Å². The highest BCUT2D eigenvalue weighted by Gasteiger charge is 2.30. The molecule has 0 rings (SSSR count). The summed E-state index contributed by atoms with van der Waals surface area (Å²) in [7, 11) is -9.92. The Balaban J connectivity index is 5.25. The Labute approximate surface area is 607 Å². The average molecular weight is 1450 g/mol. The molecule has 2 unspecified atom stereocenters. The summed E-state index contributed by atoms with van der Waals surface area (Å²) in [6, 6.07) is 0. The minimum absolute atomic E-state index is 0.106. The first-order chi connectivity index (χ1) is 47.9. The lowest BCUT2D eigenvalue weighted by Crippen LogP contribution is -2.30. The second-order valence-corrected chi connectivity index (χ2v) is 32.7. The van der Waals surface area contributed by atoms with Gasteiger partial charge >= 0.3 is 39.5 Å². The Hall–Kier alpha value is -1.94. The van der Waals surface area contributed by atoms with E-state index in [0.717, 1.165) is 102 Å². The summed E-state index contributed by atoms with van der Waals surface area (Å²) >= 11 is 0. The molecule has 0 aliphatic rings. The Bertz CT molecular complexity index is 1910. The molecule has 0 aliphatic heterocycles. The lowest BCUT2D eigenvalue weighted by atomic mass is 10.0. The molecule has 99 heavy (non-hydrogen) atoms. The Kier molecular flexibility index (Phi) is 70.3. The van der Waals surface area contributed by atoms with E-state index in [9.17, 15) is 43.2 Å². The summed E-state index contributed by atoms with van der Waals surface area (Å²) in [4.78, 5) is 73.0. The van der Waals surface area contributed by atoms with Crippen LogP contribution in [0.2, 0.25) is 0 Å². The van der Waals surface area contributed by atoms with Crippen molar-refractivity contribution < 1.29 is 80.2 Å². The lowest BCUT2D eigenvalue weighted by molar-refractivity contribution is -0.161. The Morgan fingerprint density at radius 1 is 0.273 bits per heavy atom. The van der Waals surface area contributed by atoms with E-state index in [1.54, 1.807) is 0 Å². The van der Waals surface area contributed by atoms with Crippen LogP contribution < -0.4 is 0 Å². The first-order valence-electron chi connectivity index (χ1n) is 41.5. The van der Waals surface area contributed by atoms with Gasteiger partial charge in [-0.2, -0.15) is 0 Å². The number of hydrogen-bond acceptors (Lipinski definition) is 15. The van der Waals surface area contributed by atoms with Gasteiger partial charge in [0.2, 0.25) is 0 Å². The molecule has 0 radical (unpaired) electrons. The van der Waals surface area contributed by atoms with Crippen LogP contribution in [0.4, 0.5) is 0 Å². The maximum absolute atomic E-state index is 13.1. The molecule has 588 valence electrons. The van der Waals surface area contributed by atoms with Gasteiger partial charge in [-0.25, -0.2) is 9.13 Å². The van der Waals surface area contributed by atoms with E-state index < -0.39 is 97.5 Å². The summed E-state index contributed by atoms with van der Waals surface area (Å²) < 4.78 is 68.7. The van der Waals surface area contributed by atoms with Crippen LogP contribution in [0.1, 0.15) is 420 Å². The monoisotopic (exact) mass is 1450 g/mol. The predicted octanol–water partition coefficient (Wildman–Crippen LogP) is 23.9. The fraction of sp³-hybridized carbons (Fsp3) is 0.950. The fourth-order valence-corrected chi connectivity index (χ4v) is 13.9. The average Bonchev–Trinajstić information content (AvgIpc) is 0.964. The van der Waals surface area contributed by atoms with Crippen molar-refractivity contribution in [1.29, 1.82) is 0 Å². The number of unbranched alkanes of at least 4 members (excludes halogenated alkanes) is 49. The molecule has 19 heteroatoms. The zero-order valence-electron chi connectivity index (χ0n) is 64.8. The molecule has 0 bridgehead atoms. The van der Waals surface area contributed by atoms with Gasteiger partial charge in [-0.15, -0.1) is 0 Å². The molecule has 5 atom stereocenters. The first kappa shape index (κ1) is 97.1. The zero-order chi connectivity index (χ0) is 72.8. The van der Waals surface area contributed by atoms with E-state index in [2.05, 4.69) is 41.5 Å². The number of esters is 4. The van der Waals surface area contributed by atoms with Gasteiger partial charge in [0.15, 0.2) is 12.2 Å². The zero-order valence-corrected chi connectivity index (χ0v) is 66.6. The second-order valence-electron chi connectivity index (χ2n) is 29.8. The highest BCUT2D eigenvalue weighted by Crippen LogP contribution is 2.45. The Morgan fingerprint density at radius 3 is 0.687 bits per heavy atom. The van der Waals surface area contributed by atoms with Crippen molar-refractivity contribution in [2.45, 2.75) is 439 Å². The van der Waals surface area contributed by atoms with E-state index in [1.807, 2.05) is 0 Å². The fourth-order valence-electron chi connectivity index (χ4n) is 12.4. The maximum atomic E-state index is 13.1. The van der Waals surface area contributed by atoms with Crippen molar-refractivity contribution in [3.8, 4) is 0 Å². The smallest absolute Gasteiger partial charge is 0.462 e. The first-order valence-corrected chi connectivity index (χ1v) is 44.5. The molecule has 0 aromatic rings. The number of carbonyl (C=O) groups is 4. The number of phosphoric ester groups is 2. The molecule has 0 aromatic heterocycles. The molecule has 0 amide bonds. The van der Waals surface area contributed by atoms with Crippen LogP contribution in [-0.2, 0) is 65.4 Å². The standard InChI is InChI=1S/C80H156O17P2/c1-7-9-11-13-15-17-19-21-23-25-27-29-33-37-44-50-56-62-77(82)90-68-75(96-79(84)64-58-52-46-38-34-30-28-26-24-22-20-18-16-14-12-10-8-2)70-94-98(86,87)92-66-74(81)67-93-99(88,89)95-71-76(69-91-78(83)63-57-51-45-41-40-43-49-55-61-73(5)6)97-80(85)65-59-53-47-39-35-31-32-36-42-48-54-60-72(3)4/h72-76,81H,7-71H2,1-6H3,(H,86,87)(H,88,89)/t74-,75-,76-/m1/s1. The van der Waals surface area contributed by atoms with Gasteiger partial charge in [0.05, 0.1) is 26.4 Å². The second kappa shape index (κ2) is 71.7. The normalized spacial score (nSPS) is 13.9. The van der Waals surface area contributed by atoms with E-state index in [4.69, 9.17) is 37.0 Å². The third-order valence-corrected chi connectivity index (χ3v) is 20.6. The van der Waals surface area contributed by atoms with Crippen molar-refractivity contribution in [3.05, 3.63) is 0 Å². The van der Waals surface area contributed by atoms with E-state index in [0.29, 0.717) is 25.7 Å². The number of aliphatic hydroxyl groups is 1. The summed E-state index contributed by atoms with van der Waals surface area (Å²) in [5.41, 5.74) is 0. The summed E-state index contributed by atoms with van der Waals surface area (Å²) in [5.74, 6) is -0.618. The van der Waals surface area contributed by atoms with Gasteiger partial charge in [-0.05, 0) is 37.5 Å². The molecule has 0 spiro atoms. The van der Waals surface area contributed by atoms with Crippen LogP contribution in [0.3, 0.4) is 0 Å². The molecule has 0 aromatic carbocycles. The molecule has 0 saturated carbocycles. The SMILES string of the molecule is CCCCCCCCCCCCCCCCCCCC(=O)OC[C@H](COP(=O)(O)OC[C@@H](O)COP(=O)(O)OC[C@@H](COC(=O)CCCCCCCCCCC(C)C)OC(=O)CCCCCCCCCCCCCC(C)C)OC(=O)CCCCCCCCCCCCCCCCCCC. The Morgan fingerprint density at radius 2 is 0.465 bits per heavy atom. The van der Waals surface area contributed by atoms with E-state index in [1.165, 1.54) is 238 Å². The molecule has 17 nitrogen and oxygen atoms in total. The summed E-state index contributed by atoms with van der Waals surface area (Å²) in [6.07, 6.45) is 61.0. The van der Waals surface area contributed by atoms with Crippen LogP contribution in [0.15, 0.2) is 0 Å². The largest absolute Gasteiger partial charge is 0.472 e. The third kappa shape index (κ3) is 74.1. The molecular formula is C80H156O17P2. The third-order valence-electron chi connectivity index (χ3n) is 18.7. The molecule has 0 heterocycles. The van der Waals surface area contributed by atoms with E-state index in [-0.39, 0.29) is 25.7 Å². The van der Waals surface area contributed by atoms with Gasteiger partial charge < -0.3 is 33.8 Å². The van der Waals surface area contributed by atoms with Crippen molar-refractivity contribution >= 4 is 39.5 Å². The van der Waals surface area contributed by atoms with Crippen molar-refractivity contribution in [2.24, 2.45) is 11.8 Å². The minimum Gasteiger partial charge on any atom is -0.462 e. The molecular weight excluding hydrogens is 1290 g/mol. The van der Waals surface area contributed by atoms with Crippen LogP contribution in [-0.4, -0.2) is 96.7 Å². The summed E-state index contributed by atoms with van der Waals surface area (Å²) in [6.45, 7) is 9.60. The number of carbonyl (C=O) groups excluding carboxylic acids is 4. The summed E-state index contributed by atoms with van der Waals surface area (Å²) in [5, 5.41) is 10.6. The number of phosphoric acid groups is 2. The lowest BCUT2D eigenvalue weighted by Gasteiger charge is -2.21. The predicted molar refractivity (Wildman–Crippen MR) is 405 cm³/mol. The highest BCUT2D eigenvalue weighted by atomic mass is 31.2. The number of aliphatic hydroxyl groups excluding tert-OH is 1. The molecule has 0 saturated heterocycles. The number of ether oxygens (including phenoxy) is 4. The van der Waals surface area contributed by atoms with Crippen molar-refractivity contribution in [3.63, 3.8) is 0 Å². The van der Waals surface area contributed by atoms with Gasteiger partial charge in [-0.1, -0.05) is 369 Å². The molecule has 3 N–H and O–H groups in total. The van der Waals surface area contributed by atoms with E-state index >= 15 is 0 Å². The molecule has 0 fully saturated rings. The number of hydrogen-bond donors (Lipinski definition) is 3. The van der Waals surface area contributed by atoms with Crippen LogP contribution in [0, 0.1) is 11.8 Å². The van der Waals surface area contributed by atoms with Gasteiger partial charge in [0.1, 0.15) is 19.3 Å². The van der Waals surface area contributed by atoms with Gasteiger partial charge in [-0.3, -0.25) is 37.3 Å². The minimum atomic E-state index is -4.96. The van der Waals surface area contributed by atoms with Crippen molar-refractivity contribution in [1.82, 2.24) is 0 Å². The highest BCUT2D eigenvalue weighted by molar-refractivity contribution is 7.47. The van der Waals surface area contributed by atoms with Crippen LogP contribution in [0.25, 0.3) is 0 Å². The maximum Gasteiger partial charge on any atom is 0.472 e. The topological polar surface area (TPSA) is 237 Å².